The molecule has 5 nitrogen and oxygen atoms in total. The fourth-order valence-electron chi connectivity index (χ4n) is 3.37. The van der Waals surface area contributed by atoms with Gasteiger partial charge in [0, 0.05) is 19.6 Å². The minimum absolute atomic E-state index is 0.0108. The summed E-state index contributed by atoms with van der Waals surface area (Å²) in [5.41, 5.74) is -0.257. The molecule has 0 bridgehead atoms. The highest BCUT2D eigenvalue weighted by Gasteiger charge is 2.52. The smallest absolute Gasteiger partial charge is 0.167 e. The summed E-state index contributed by atoms with van der Waals surface area (Å²) in [6, 6.07) is 9.76. The van der Waals surface area contributed by atoms with Gasteiger partial charge in [-0.1, -0.05) is 57.0 Å². The third-order valence-electron chi connectivity index (χ3n) is 4.94. The number of unbranched alkanes of at least 4 members (excludes halogenated alkanes) is 2. The van der Waals surface area contributed by atoms with Crippen LogP contribution in [-0.4, -0.2) is 48.0 Å². The number of hydrogen-bond acceptors (Lipinski definition) is 5. The average Bonchev–Trinajstić information content (AvgIpc) is 2.64. The maximum atomic E-state index is 12.7. The molecule has 1 aliphatic rings. The molecule has 0 aliphatic heterocycles. The Morgan fingerprint density at radius 1 is 1.04 bits per heavy atom. The zero-order valence-corrected chi connectivity index (χ0v) is 16.9. The molecule has 152 valence electrons. The van der Waals surface area contributed by atoms with E-state index in [2.05, 4.69) is 13.8 Å². The number of aliphatic hydroxyl groups is 1. The quantitative estimate of drug-likeness (QED) is 0.595. The van der Waals surface area contributed by atoms with Crippen LogP contribution in [0.4, 0.5) is 0 Å². The summed E-state index contributed by atoms with van der Waals surface area (Å²) >= 11 is 0. The van der Waals surface area contributed by atoms with Crippen molar-refractivity contribution in [1.82, 2.24) is 0 Å². The van der Waals surface area contributed by atoms with Crippen LogP contribution in [0, 0.1) is 0 Å². The van der Waals surface area contributed by atoms with Gasteiger partial charge in [-0.25, -0.2) is 0 Å². The van der Waals surface area contributed by atoms with Gasteiger partial charge in [-0.05, 0) is 25.3 Å². The molecule has 0 amide bonds. The molecular weight excluding hydrogens is 344 g/mol. The number of hydrogen-bond donors (Lipinski definition) is 1. The number of ether oxygens (including phenoxy) is 3. The van der Waals surface area contributed by atoms with Crippen molar-refractivity contribution < 1.29 is 24.1 Å². The molecule has 1 aromatic carbocycles. The Morgan fingerprint density at radius 3 is 2.30 bits per heavy atom. The average molecular weight is 379 g/mol. The minimum atomic E-state index is -1.26. The molecular formula is C22H34O5. The van der Waals surface area contributed by atoms with Crippen LogP contribution < -0.4 is 0 Å². The molecule has 5 heteroatoms. The van der Waals surface area contributed by atoms with E-state index in [9.17, 15) is 9.90 Å². The molecule has 1 fully saturated rings. The van der Waals surface area contributed by atoms with Gasteiger partial charge in [0.25, 0.3) is 0 Å². The molecule has 1 aromatic rings. The Bertz CT molecular complexity index is 557. The molecule has 1 unspecified atom stereocenters. The third-order valence-corrected chi connectivity index (χ3v) is 4.94. The van der Waals surface area contributed by atoms with E-state index in [0.717, 1.165) is 31.2 Å². The van der Waals surface area contributed by atoms with Crippen LogP contribution in [0.2, 0.25) is 0 Å². The molecule has 27 heavy (non-hydrogen) atoms. The Morgan fingerprint density at radius 2 is 1.67 bits per heavy atom. The second kappa shape index (κ2) is 10.9. The Labute approximate surface area is 163 Å². The van der Waals surface area contributed by atoms with Gasteiger partial charge in [0.2, 0.25) is 0 Å². The maximum absolute atomic E-state index is 12.7. The van der Waals surface area contributed by atoms with Crippen molar-refractivity contribution in [2.24, 2.45) is 0 Å². The van der Waals surface area contributed by atoms with Crippen LogP contribution in [0.25, 0.3) is 0 Å². The molecule has 4 atom stereocenters. The van der Waals surface area contributed by atoms with Crippen molar-refractivity contribution >= 4 is 5.78 Å². The van der Waals surface area contributed by atoms with Gasteiger partial charge in [-0.2, -0.15) is 0 Å². The van der Waals surface area contributed by atoms with Gasteiger partial charge in [0.05, 0.1) is 12.2 Å². The van der Waals surface area contributed by atoms with E-state index in [1.54, 1.807) is 6.92 Å². The van der Waals surface area contributed by atoms with E-state index in [1.165, 1.54) is 0 Å². The summed E-state index contributed by atoms with van der Waals surface area (Å²) in [7, 11) is 0. The van der Waals surface area contributed by atoms with Crippen molar-refractivity contribution in [2.75, 3.05) is 13.2 Å². The van der Waals surface area contributed by atoms with Crippen LogP contribution >= 0.6 is 0 Å². The predicted octanol–water partition coefficient (Wildman–Crippen LogP) is 3.67. The summed E-state index contributed by atoms with van der Waals surface area (Å²) < 4.78 is 18.0. The molecule has 0 radical (unpaired) electrons. The van der Waals surface area contributed by atoms with Crippen LogP contribution in [0.15, 0.2) is 30.3 Å². The lowest BCUT2D eigenvalue weighted by molar-refractivity contribution is -0.219. The SMILES string of the molecule is CCCCO[C@@H]1[C@@H](OCCCC)C(C)(O)CC(=O)[C@@H]1OCc1ccccc1. The molecule has 0 aromatic heterocycles. The van der Waals surface area contributed by atoms with Crippen molar-refractivity contribution in [3.63, 3.8) is 0 Å². The van der Waals surface area contributed by atoms with Crippen LogP contribution in [-0.2, 0) is 25.6 Å². The number of ketones is 1. The number of benzene rings is 1. The van der Waals surface area contributed by atoms with E-state index in [1.807, 2.05) is 30.3 Å². The molecule has 1 saturated carbocycles. The van der Waals surface area contributed by atoms with Gasteiger partial charge < -0.3 is 19.3 Å². The lowest BCUT2D eigenvalue weighted by atomic mass is 9.79. The van der Waals surface area contributed by atoms with Crippen molar-refractivity contribution in [2.45, 2.75) is 83.4 Å². The Hall–Kier alpha value is -1.27. The van der Waals surface area contributed by atoms with Crippen molar-refractivity contribution in [3.8, 4) is 0 Å². The van der Waals surface area contributed by atoms with Crippen molar-refractivity contribution in [1.29, 1.82) is 0 Å². The molecule has 1 aliphatic carbocycles. The van der Waals surface area contributed by atoms with E-state index < -0.39 is 23.9 Å². The molecule has 2 rings (SSSR count). The third kappa shape index (κ3) is 6.39. The predicted molar refractivity (Wildman–Crippen MR) is 105 cm³/mol. The molecule has 0 spiro atoms. The minimum Gasteiger partial charge on any atom is -0.387 e. The van der Waals surface area contributed by atoms with Crippen LogP contribution in [0.3, 0.4) is 0 Å². The molecule has 0 heterocycles. The number of rotatable bonds is 11. The highest BCUT2D eigenvalue weighted by Crippen LogP contribution is 2.33. The van der Waals surface area contributed by atoms with E-state index in [-0.39, 0.29) is 12.2 Å². The monoisotopic (exact) mass is 378 g/mol. The number of carbonyl (C=O) groups is 1. The van der Waals surface area contributed by atoms with Crippen LogP contribution in [0.5, 0.6) is 0 Å². The van der Waals surface area contributed by atoms with Gasteiger partial charge in [-0.15, -0.1) is 0 Å². The van der Waals surface area contributed by atoms with Gasteiger partial charge in [-0.3, -0.25) is 4.79 Å². The first-order chi connectivity index (χ1) is 13.0. The second-order valence-corrected chi connectivity index (χ2v) is 7.55. The van der Waals surface area contributed by atoms with Crippen molar-refractivity contribution in [3.05, 3.63) is 35.9 Å². The molecule has 1 N–H and O–H groups in total. The van der Waals surface area contributed by atoms with E-state index in [0.29, 0.717) is 19.8 Å². The summed E-state index contributed by atoms with van der Waals surface area (Å²) in [5, 5.41) is 10.9. The zero-order chi connectivity index (χ0) is 19.7. The largest absolute Gasteiger partial charge is 0.387 e. The summed E-state index contributed by atoms with van der Waals surface area (Å²) in [6.07, 6.45) is 1.88. The Balaban J connectivity index is 2.14. The fraction of sp³-hybridized carbons (Fsp3) is 0.682. The summed E-state index contributed by atoms with van der Waals surface area (Å²) in [5.74, 6) is -0.132. The standard InChI is InChI=1S/C22H34O5/c1-4-6-13-25-20-19(27-16-17-11-9-8-10-12-17)18(23)15-22(3,24)21(20)26-14-7-5-2/h8-12,19-21,24H,4-7,13-16H2,1-3H3/t19-,20-,21+,22?/m0/s1. The lowest BCUT2D eigenvalue weighted by Gasteiger charge is -2.44. The maximum Gasteiger partial charge on any atom is 0.167 e. The zero-order valence-electron chi connectivity index (χ0n) is 16.9. The second-order valence-electron chi connectivity index (χ2n) is 7.55. The molecule has 0 saturated heterocycles. The Kier molecular flexibility index (Phi) is 8.90. The van der Waals surface area contributed by atoms with Crippen LogP contribution in [0.1, 0.15) is 58.4 Å². The number of carbonyl (C=O) groups excluding carboxylic acids is 1. The normalized spacial score (nSPS) is 28.4. The summed E-state index contributed by atoms with van der Waals surface area (Å²) in [4.78, 5) is 12.7. The fourth-order valence-corrected chi connectivity index (χ4v) is 3.37. The van der Waals surface area contributed by atoms with E-state index in [4.69, 9.17) is 14.2 Å². The number of Topliss-reactive ketones (excluding diaryl/α,β-unsaturated/α-hetero) is 1. The highest BCUT2D eigenvalue weighted by molar-refractivity contribution is 5.86. The van der Waals surface area contributed by atoms with Gasteiger partial charge in [0.1, 0.15) is 18.3 Å². The highest BCUT2D eigenvalue weighted by atomic mass is 16.6. The first-order valence-corrected chi connectivity index (χ1v) is 10.1. The van der Waals surface area contributed by atoms with Gasteiger partial charge >= 0.3 is 0 Å². The first-order valence-electron chi connectivity index (χ1n) is 10.1. The lowest BCUT2D eigenvalue weighted by Crippen LogP contribution is -2.62. The van der Waals surface area contributed by atoms with E-state index >= 15 is 0 Å². The topological polar surface area (TPSA) is 65.0 Å². The van der Waals surface area contributed by atoms with Gasteiger partial charge in [0.15, 0.2) is 5.78 Å². The summed E-state index contributed by atoms with van der Waals surface area (Å²) in [6.45, 7) is 7.21. The first kappa shape index (κ1) is 22.0.